The number of esters is 1. The first kappa shape index (κ1) is 41.4. The number of unbranched alkanes of at least 4 members (excludes halogenated alkanes) is 14. The Labute approximate surface area is 272 Å². The summed E-state index contributed by atoms with van der Waals surface area (Å²) in [5.41, 5.74) is 1.36. The smallest absolute Gasteiger partial charge is 0.361 e. The largest absolute Gasteiger partial charge is 1.00 e. The van der Waals surface area contributed by atoms with Gasteiger partial charge in [-0.15, -0.1) is 0 Å². The van der Waals surface area contributed by atoms with Gasteiger partial charge in [0.25, 0.3) is 0 Å². The van der Waals surface area contributed by atoms with Crippen LogP contribution in [-0.2, 0) is 20.7 Å². The fourth-order valence-corrected chi connectivity index (χ4v) is 5.53. The van der Waals surface area contributed by atoms with Crippen molar-refractivity contribution in [1.82, 2.24) is 5.32 Å². The molecular formula is C37H67ClN2O3. The molecule has 43 heavy (non-hydrogen) atoms. The van der Waals surface area contributed by atoms with E-state index >= 15 is 0 Å². The second kappa shape index (κ2) is 27.9. The Bertz CT molecular complexity index is 787. The molecule has 0 fully saturated rings. The number of carbonyl (C=O) groups is 2. The molecule has 0 spiro atoms. The van der Waals surface area contributed by atoms with Crippen LogP contribution in [-0.4, -0.2) is 56.7 Å². The predicted molar refractivity (Wildman–Crippen MR) is 179 cm³/mol. The Balaban J connectivity index is 0.0000176. The lowest BCUT2D eigenvalue weighted by atomic mass is 9.99. The van der Waals surface area contributed by atoms with Crippen molar-refractivity contribution in [3.8, 4) is 0 Å². The zero-order valence-electron chi connectivity index (χ0n) is 28.5. The Kier molecular flexibility index (Phi) is 26.9. The van der Waals surface area contributed by atoms with Crippen LogP contribution < -0.4 is 17.7 Å². The van der Waals surface area contributed by atoms with Crippen molar-refractivity contribution in [3.63, 3.8) is 0 Å². The van der Waals surface area contributed by atoms with Gasteiger partial charge in [0.1, 0.15) is 0 Å². The highest BCUT2D eigenvalue weighted by Crippen LogP contribution is 2.15. The summed E-state index contributed by atoms with van der Waals surface area (Å²) in [6, 6.07) is 10.5. The summed E-state index contributed by atoms with van der Waals surface area (Å²) in [5.74, 6) is 0.557. The van der Waals surface area contributed by atoms with Crippen LogP contribution in [0.2, 0.25) is 0 Å². The minimum Gasteiger partial charge on any atom is -1.00 e. The maximum atomic E-state index is 12.4. The SMILES string of the molecule is CCCCCCCCCCCCCCCCCC(=O)NCCC[N+](C)(C)CC(=O)OCCC(C)CCc1ccccc1.[Cl-]. The van der Waals surface area contributed by atoms with Crippen molar-refractivity contribution >= 4 is 11.9 Å². The lowest BCUT2D eigenvalue weighted by Crippen LogP contribution is -3.00. The third kappa shape index (κ3) is 26.5. The van der Waals surface area contributed by atoms with Crippen LogP contribution in [0.4, 0.5) is 0 Å². The average molecular weight is 623 g/mol. The van der Waals surface area contributed by atoms with E-state index in [1.807, 2.05) is 6.07 Å². The van der Waals surface area contributed by atoms with E-state index in [1.54, 1.807) is 0 Å². The Hall–Kier alpha value is -1.59. The van der Waals surface area contributed by atoms with Gasteiger partial charge < -0.3 is 26.9 Å². The lowest BCUT2D eigenvalue weighted by Gasteiger charge is -2.28. The van der Waals surface area contributed by atoms with Crippen LogP contribution in [0.3, 0.4) is 0 Å². The van der Waals surface area contributed by atoms with Crippen molar-refractivity contribution < 1.29 is 31.2 Å². The van der Waals surface area contributed by atoms with E-state index in [2.05, 4.69) is 57.5 Å². The Morgan fingerprint density at radius 1 is 0.767 bits per heavy atom. The van der Waals surface area contributed by atoms with Gasteiger partial charge in [-0.1, -0.05) is 134 Å². The molecule has 250 valence electrons. The standard InChI is InChI=1S/C37H66N2O3.ClH/c1-5-6-7-8-9-10-11-12-13-14-15-16-17-18-22-26-36(40)38-30-23-31-39(3,4)33-37(41)42-32-29-34(2)27-28-35-24-20-19-21-25-35;/h19-21,24-25,34H,5-18,22-23,26-33H2,1-4H3;1H. The van der Waals surface area contributed by atoms with Crippen LogP contribution >= 0.6 is 0 Å². The lowest BCUT2D eigenvalue weighted by molar-refractivity contribution is -0.883. The number of likely N-dealkylation sites (N-methyl/N-ethyl adjacent to an activating group) is 1. The number of ether oxygens (including phenoxy) is 1. The van der Waals surface area contributed by atoms with Crippen LogP contribution in [0, 0.1) is 5.92 Å². The van der Waals surface area contributed by atoms with Gasteiger partial charge in [0, 0.05) is 19.4 Å². The van der Waals surface area contributed by atoms with E-state index < -0.39 is 0 Å². The second-order valence-electron chi connectivity index (χ2n) is 13.4. The number of hydrogen-bond acceptors (Lipinski definition) is 3. The van der Waals surface area contributed by atoms with Gasteiger partial charge in [0.05, 0.1) is 27.2 Å². The molecule has 0 aliphatic carbocycles. The summed E-state index contributed by atoms with van der Waals surface area (Å²) >= 11 is 0. The number of carbonyl (C=O) groups excluding carboxylic acids is 2. The summed E-state index contributed by atoms with van der Waals surface area (Å²) < 4.78 is 6.12. The molecule has 1 aromatic rings. The molecule has 0 saturated heterocycles. The molecule has 0 aliphatic heterocycles. The minimum absolute atomic E-state index is 0. The molecule has 0 bridgehead atoms. The number of aryl methyl sites for hydroxylation is 1. The molecule has 1 rings (SSSR count). The van der Waals surface area contributed by atoms with E-state index in [0.717, 1.165) is 45.1 Å². The third-order valence-electron chi connectivity index (χ3n) is 8.47. The molecule has 0 heterocycles. The van der Waals surface area contributed by atoms with Crippen molar-refractivity contribution in [1.29, 1.82) is 0 Å². The summed E-state index contributed by atoms with van der Waals surface area (Å²) in [6.45, 7) is 6.87. The molecule has 1 unspecified atom stereocenters. The predicted octanol–water partition coefficient (Wildman–Crippen LogP) is 6.04. The second-order valence-corrected chi connectivity index (χ2v) is 13.4. The number of halogens is 1. The number of hydrogen-bond donors (Lipinski definition) is 1. The molecule has 0 aliphatic rings. The summed E-state index contributed by atoms with van der Waals surface area (Å²) in [7, 11) is 4.11. The normalized spacial score (nSPS) is 12.0. The van der Waals surface area contributed by atoms with Crippen LogP contribution in [0.25, 0.3) is 0 Å². The van der Waals surface area contributed by atoms with Crippen LogP contribution in [0.5, 0.6) is 0 Å². The molecule has 0 aromatic heterocycles. The fraction of sp³-hybridized carbons (Fsp3) is 0.784. The zero-order valence-corrected chi connectivity index (χ0v) is 29.2. The molecular weight excluding hydrogens is 556 g/mol. The Morgan fingerprint density at radius 2 is 1.30 bits per heavy atom. The third-order valence-corrected chi connectivity index (χ3v) is 8.47. The van der Waals surface area contributed by atoms with Crippen LogP contribution in [0.1, 0.15) is 141 Å². The maximum absolute atomic E-state index is 12.4. The van der Waals surface area contributed by atoms with Crippen molar-refractivity contribution in [2.45, 2.75) is 142 Å². The first-order chi connectivity index (χ1) is 20.3. The summed E-state index contributed by atoms with van der Waals surface area (Å²) in [4.78, 5) is 24.6. The van der Waals surface area contributed by atoms with E-state index in [1.165, 1.54) is 89.0 Å². The number of rotatable bonds is 28. The topological polar surface area (TPSA) is 55.4 Å². The van der Waals surface area contributed by atoms with E-state index in [-0.39, 0.29) is 24.3 Å². The van der Waals surface area contributed by atoms with Gasteiger partial charge in [0.15, 0.2) is 6.54 Å². The molecule has 6 heteroatoms. The first-order valence-corrected chi connectivity index (χ1v) is 17.6. The number of amides is 1. The van der Waals surface area contributed by atoms with E-state index in [4.69, 9.17) is 4.74 Å². The van der Waals surface area contributed by atoms with Gasteiger partial charge >= 0.3 is 5.97 Å². The van der Waals surface area contributed by atoms with E-state index in [0.29, 0.717) is 36.5 Å². The monoisotopic (exact) mass is 622 g/mol. The molecule has 5 nitrogen and oxygen atoms in total. The van der Waals surface area contributed by atoms with Gasteiger partial charge in [-0.05, 0) is 37.2 Å². The fourth-order valence-electron chi connectivity index (χ4n) is 5.53. The first-order valence-electron chi connectivity index (χ1n) is 17.6. The highest BCUT2D eigenvalue weighted by Gasteiger charge is 2.21. The quantitative estimate of drug-likeness (QED) is 0.0705. The van der Waals surface area contributed by atoms with Crippen molar-refractivity contribution in [3.05, 3.63) is 35.9 Å². The number of nitrogens with one attached hydrogen (secondary N) is 1. The molecule has 0 saturated carbocycles. The summed E-state index contributed by atoms with van der Waals surface area (Å²) in [6.07, 6.45) is 24.6. The molecule has 1 aromatic carbocycles. The highest BCUT2D eigenvalue weighted by molar-refractivity contribution is 5.75. The van der Waals surface area contributed by atoms with Crippen LogP contribution in [0.15, 0.2) is 30.3 Å². The van der Waals surface area contributed by atoms with Gasteiger partial charge in [0.2, 0.25) is 5.91 Å². The Morgan fingerprint density at radius 3 is 1.86 bits per heavy atom. The minimum atomic E-state index is -0.132. The van der Waals surface area contributed by atoms with Crippen molar-refractivity contribution in [2.75, 3.05) is 40.3 Å². The van der Waals surface area contributed by atoms with Gasteiger partial charge in [-0.2, -0.15) is 0 Å². The molecule has 1 atom stereocenters. The molecule has 1 N–H and O–H groups in total. The summed E-state index contributed by atoms with van der Waals surface area (Å²) in [5, 5.41) is 3.06. The molecule has 1 amide bonds. The highest BCUT2D eigenvalue weighted by atomic mass is 35.5. The maximum Gasteiger partial charge on any atom is 0.361 e. The number of benzene rings is 1. The van der Waals surface area contributed by atoms with E-state index in [9.17, 15) is 9.59 Å². The molecule has 0 radical (unpaired) electrons. The average Bonchev–Trinajstić information content (AvgIpc) is 2.96. The number of nitrogens with zero attached hydrogens (tertiary/aromatic N) is 1. The zero-order chi connectivity index (χ0) is 30.7. The van der Waals surface area contributed by atoms with Gasteiger partial charge in [-0.25, -0.2) is 4.79 Å². The van der Waals surface area contributed by atoms with Crippen molar-refractivity contribution in [2.24, 2.45) is 5.92 Å². The number of quaternary nitrogens is 1. The van der Waals surface area contributed by atoms with Gasteiger partial charge in [-0.3, -0.25) is 4.79 Å².